The second-order valence-corrected chi connectivity index (χ2v) is 16.7. The molecule has 8 rings (SSSR count). The minimum Gasteiger partial charge on any atom is -0.660 e. The van der Waals surface area contributed by atoms with Crippen LogP contribution in [-0.2, 0) is 67.6 Å². The largest absolute Gasteiger partial charge is 1.00 e. The number of anilines is 2. The van der Waals surface area contributed by atoms with Gasteiger partial charge in [0.25, 0.3) is 0 Å². The van der Waals surface area contributed by atoms with Gasteiger partial charge in [0.15, 0.2) is 30.7 Å². The van der Waals surface area contributed by atoms with Crippen LogP contribution in [-0.4, -0.2) is 101 Å². The van der Waals surface area contributed by atoms with Crippen LogP contribution >= 0.6 is 13.6 Å². The predicted molar refractivity (Wildman–Crippen MR) is 166 cm³/mol. The van der Waals surface area contributed by atoms with E-state index in [-0.39, 0.29) is 76.1 Å². The molecule has 0 amide bonds. The fraction of sp³-hybridized carbons (Fsp3) is 0.542. The molecule has 49 heavy (non-hydrogen) atoms. The first-order valence-corrected chi connectivity index (χ1v) is 19.6. The molecule has 0 aliphatic carbocycles. The fourth-order valence-electron chi connectivity index (χ4n) is 6.32. The van der Waals surface area contributed by atoms with Crippen molar-refractivity contribution < 1.29 is 106 Å². The number of hydrogen-bond acceptors (Lipinski definition) is 19. The standard InChI is InChI=1S/C24H29N9O10P2S2.2Na/c25-19-14-22(30-7-27-19)33(9-31-14)24-18-15(34)11(40-24)5-38-44(36,46)42-17-12(6-39-45(37,47)43-18)41-23(16(17)35)32-4-10-2-1-3-26-20-13(10)21(32)29-8-28-20;;/h4,7-9,11-12,15-18,23-24,34-35H,1-3,5-6H2,(H,36,46)(H,37,47)(H2,25,27,30)(H,26,28,29);;/q;2*+1/p-2/t11-,12-,15-,16-,17-,18-,23-,24-,44?,45?;;/m1../s1. The molecule has 4 aromatic heterocycles. The van der Waals surface area contributed by atoms with Crippen molar-refractivity contribution >= 4 is 71.9 Å². The number of aliphatic hydroxyl groups is 2. The van der Waals surface area contributed by atoms with E-state index in [1.807, 2.05) is 6.20 Å². The Bertz CT molecular complexity index is 1960. The second-order valence-electron chi connectivity index (χ2n) is 11.3. The fourth-order valence-corrected chi connectivity index (χ4v) is 9.14. The third-order valence-electron chi connectivity index (χ3n) is 8.46. The van der Waals surface area contributed by atoms with Crippen molar-refractivity contribution in [1.82, 2.24) is 34.1 Å². The number of nitrogens with two attached hydrogens (primary N) is 1. The molecule has 0 radical (unpaired) electrons. The van der Waals surface area contributed by atoms with Crippen LogP contribution < -0.4 is 70.2 Å². The number of nitrogen functional groups attached to an aromatic ring is 1. The molecule has 0 aromatic carbocycles. The average molecular weight is 774 g/mol. The van der Waals surface area contributed by atoms with Crippen molar-refractivity contribution in [3.63, 3.8) is 0 Å². The molecular formula is C24H27N9Na2O10P2S2. The van der Waals surface area contributed by atoms with Crippen LogP contribution in [0.3, 0.4) is 0 Å². The van der Waals surface area contributed by atoms with E-state index in [0.717, 1.165) is 30.3 Å². The molecule has 0 spiro atoms. The van der Waals surface area contributed by atoms with Crippen LogP contribution in [0.2, 0.25) is 0 Å². The molecule has 2 unspecified atom stereocenters. The Morgan fingerprint density at radius 3 is 2.31 bits per heavy atom. The second kappa shape index (κ2) is 14.8. The summed E-state index contributed by atoms with van der Waals surface area (Å²) in [4.78, 5) is 21.1. The van der Waals surface area contributed by atoms with E-state index in [1.54, 1.807) is 4.57 Å². The first kappa shape index (κ1) is 38.3. The quantitative estimate of drug-likeness (QED) is 0.0846. The van der Waals surface area contributed by atoms with Crippen molar-refractivity contribution in [2.75, 3.05) is 30.8 Å². The van der Waals surface area contributed by atoms with E-state index in [1.165, 1.54) is 23.5 Å². The minimum absolute atomic E-state index is 0. The molecular weight excluding hydrogens is 746 g/mol. The molecule has 0 saturated carbocycles. The van der Waals surface area contributed by atoms with Gasteiger partial charge in [0.2, 0.25) is 6.80 Å². The zero-order valence-corrected chi connectivity index (χ0v) is 33.5. The van der Waals surface area contributed by atoms with E-state index in [0.29, 0.717) is 11.5 Å². The summed E-state index contributed by atoms with van der Waals surface area (Å²) < 4.78 is 64.8. The Balaban J connectivity index is 0.00000208. The van der Waals surface area contributed by atoms with Crippen LogP contribution in [0, 0.1) is 0 Å². The SMILES string of the molecule is Nc1ncnc2c1ncn2[C@@H]1O[C@@H]2COP(=O)([S-])O[C@H]3[C@@H](O)[C@H](n4cc5c6c(ncnc64)NCCC5)O[C@@H]3COP(=O)([S-])O[C@@H]1[C@@H]2O.[Na+].[Na+]. The molecule has 4 aromatic rings. The van der Waals surface area contributed by atoms with Crippen LogP contribution in [0.4, 0.5) is 11.6 Å². The molecule has 8 heterocycles. The van der Waals surface area contributed by atoms with Crippen LogP contribution in [0.15, 0.2) is 25.2 Å². The zero-order valence-electron chi connectivity index (χ0n) is 26.0. The van der Waals surface area contributed by atoms with Gasteiger partial charge in [-0.3, -0.25) is 13.7 Å². The monoisotopic (exact) mass is 773 g/mol. The van der Waals surface area contributed by atoms with Gasteiger partial charge < -0.3 is 77.9 Å². The van der Waals surface area contributed by atoms with Gasteiger partial charge in [0, 0.05) is 12.7 Å². The molecule has 3 fully saturated rings. The van der Waals surface area contributed by atoms with Crippen LogP contribution in [0.1, 0.15) is 24.4 Å². The Labute approximate surface area is 332 Å². The van der Waals surface area contributed by atoms with E-state index >= 15 is 0 Å². The molecule has 3 saturated heterocycles. The summed E-state index contributed by atoms with van der Waals surface area (Å²) >= 11 is 10.4. The van der Waals surface area contributed by atoms with E-state index in [9.17, 15) is 19.3 Å². The Hall–Kier alpha value is -0.390. The van der Waals surface area contributed by atoms with Crippen molar-refractivity contribution in [3.05, 3.63) is 30.7 Å². The van der Waals surface area contributed by atoms with Gasteiger partial charge in [-0.25, -0.2) is 24.9 Å². The first-order chi connectivity index (χ1) is 22.5. The van der Waals surface area contributed by atoms with Gasteiger partial charge in [0.05, 0.1) is 24.9 Å². The number of nitrogens with one attached hydrogen (secondary N) is 1. The number of ether oxygens (including phenoxy) is 2. The number of rotatable bonds is 2. The molecule has 2 bridgehead atoms. The summed E-state index contributed by atoms with van der Waals surface area (Å²) in [6.45, 7) is -9.15. The number of imidazole rings is 1. The number of nitrogens with zero attached hydrogens (tertiary/aromatic N) is 7. The van der Waals surface area contributed by atoms with Gasteiger partial charge in [-0.1, -0.05) is 0 Å². The summed E-state index contributed by atoms with van der Waals surface area (Å²) in [6, 6.07) is 0. The van der Waals surface area contributed by atoms with Crippen LogP contribution in [0.25, 0.3) is 22.2 Å². The topological polar surface area (TPSA) is 242 Å². The number of fused-ring (bicyclic) bond motifs is 4. The summed E-state index contributed by atoms with van der Waals surface area (Å²) in [5.41, 5.74) is 7.82. The number of aryl methyl sites for hydroxylation is 1. The van der Waals surface area contributed by atoms with E-state index in [4.69, 9.17) is 57.8 Å². The van der Waals surface area contributed by atoms with Crippen molar-refractivity contribution in [3.8, 4) is 0 Å². The van der Waals surface area contributed by atoms with Crippen molar-refractivity contribution in [2.24, 2.45) is 0 Å². The van der Waals surface area contributed by atoms with Gasteiger partial charge >= 0.3 is 59.1 Å². The maximum absolute atomic E-state index is 13.6. The van der Waals surface area contributed by atoms with E-state index < -0.39 is 75.9 Å². The third kappa shape index (κ3) is 7.16. The third-order valence-corrected chi connectivity index (χ3v) is 11.5. The summed E-state index contributed by atoms with van der Waals surface area (Å²) in [5.74, 6) is 0.747. The smallest absolute Gasteiger partial charge is 0.660 e. The summed E-state index contributed by atoms with van der Waals surface area (Å²) in [7, 11) is 0. The first-order valence-electron chi connectivity index (χ1n) is 14.5. The van der Waals surface area contributed by atoms with Gasteiger partial charge in [-0.15, -0.1) is 0 Å². The number of aromatic nitrogens is 7. The molecule has 252 valence electrons. The normalized spacial score (nSPS) is 36.3. The minimum atomic E-state index is -4.42. The Kier molecular flexibility index (Phi) is 11.6. The van der Waals surface area contributed by atoms with Crippen molar-refractivity contribution in [1.29, 1.82) is 0 Å². The summed E-state index contributed by atoms with van der Waals surface area (Å²) in [6.07, 6.45) is -3.22. The summed E-state index contributed by atoms with van der Waals surface area (Å²) in [5, 5.41) is 26.8. The molecule has 5 N–H and O–H groups in total. The van der Waals surface area contributed by atoms with Gasteiger partial charge in [-0.05, 0) is 18.4 Å². The van der Waals surface area contributed by atoms with Crippen LogP contribution in [0.5, 0.6) is 0 Å². The number of aliphatic hydroxyl groups excluding tert-OH is 2. The molecule has 4 aliphatic heterocycles. The Morgan fingerprint density at radius 1 is 0.857 bits per heavy atom. The maximum Gasteiger partial charge on any atom is 1.00 e. The van der Waals surface area contributed by atoms with E-state index in [2.05, 4.69) is 30.2 Å². The average Bonchev–Trinajstić information content (AvgIpc) is 3.74. The number of hydrogen-bond donors (Lipinski definition) is 4. The Morgan fingerprint density at radius 2 is 1.53 bits per heavy atom. The van der Waals surface area contributed by atoms with Crippen molar-refractivity contribution in [2.45, 2.75) is 61.9 Å². The predicted octanol–water partition coefficient (Wildman–Crippen LogP) is -5.14. The molecule has 10 atom stereocenters. The molecule has 19 nitrogen and oxygen atoms in total. The van der Waals surface area contributed by atoms with Gasteiger partial charge in [0.1, 0.15) is 66.3 Å². The maximum atomic E-state index is 13.6. The zero-order chi connectivity index (χ0) is 32.7. The molecule has 4 aliphatic rings. The van der Waals surface area contributed by atoms with Gasteiger partial charge in [-0.2, -0.15) is 0 Å². The molecule has 25 heteroatoms.